The number of rotatable bonds is 4. The molecular formula is C18H20ClN3O3. The SMILES string of the molecule is COc1ccc(C(=O)N2CCN(C(=O)Cc3ccc[nH]3)CC2)cc1Cl. The number of aromatic nitrogens is 1. The third-order valence-electron chi connectivity index (χ3n) is 4.32. The van der Waals surface area contributed by atoms with Crippen LogP contribution in [0.25, 0.3) is 0 Å². The van der Waals surface area contributed by atoms with Gasteiger partial charge in [0.15, 0.2) is 0 Å². The van der Waals surface area contributed by atoms with Crippen molar-refractivity contribution in [1.29, 1.82) is 0 Å². The van der Waals surface area contributed by atoms with Crippen LogP contribution in [0.1, 0.15) is 16.1 Å². The number of piperazine rings is 1. The first-order valence-electron chi connectivity index (χ1n) is 8.11. The van der Waals surface area contributed by atoms with Crippen molar-refractivity contribution in [3.8, 4) is 5.75 Å². The van der Waals surface area contributed by atoms with E-state index in [2.05, 4.69) is 4.98 Å². The minimum Gasteiger partial charge on any atom is -0.495 e. The fourth-order valence-electron chi connectivity index (χ4n) is 2.89. The minimum atomic E-state index is -0.0824. The van der Waals surface area contributed by atoms with Crippen LogP contribution in [-0.4, -0.2) is 59.9 Å². The predicted octanol–water partition coefficient (Wildman–Crippen LogP) is 2.20. The molecule has 1 aromatic heterocycles. The fraction of sp³-hybridized carbons (Fsp3) is 0.333. The van der Waals surface area contributed by atoms with Gasteiger partial charge in [0, 0.05) is 43.6 Å². The Kier molecular flexibility index (Phi) is 5.28. The molecule has 0 spiro atoms. The highest BCUT2D eigenvalue weighted by Gasteiger charge is 2.25. The van der Waals surface area contributed by atoms with E-state index < -0.39 is 0 Å². The second kappa shape index (κ2) is 7.61. The molecule has 25 heavy (non-hydrogen) atoms. The summed E-state index contributed by atoms with van der Waals surface area (Å²) in [6, 6.07) is 8.78. The molecule has 1 aliphatic rings. The van der Waals surface area contributed by atoms with E-state index in [0.29, 0.717) is 48.9 Å². The van der Waals surface area contributed by atoms with Gasteiger partial charge in [-0.1, -0.05) is 11.6 Å². The van der Waals surface area contributed by atoms with Crippen molar-refractivity contribution in [1.82, 2.24) is 14.8 Å². The number of ether oxygens (including phenoxy) is 1. The molecule has 1 saturated heterocycles. The monoisotopic (exact) mass is 361 g/mol. The van der Waals surface area contributed by atoms with Gasteiger partial charge in [0.05, 0.1) is 18.6 Å². The first-order chi connectivity index (χ1) is 12.1. The summed E-state index contributed by atoms with van der Waals surface area (Å²) in [7, 11) is 1.53. The Morgan fingerprint density at radius 1 is 1.16 bits per heavy atom. The lowest BCUT2D eigenvalue weighted by Gasteiger charge is -2.35. The standard InChI is InChI=1S/C18H20ClN3O3/c1-25-16-5-4-13(11-15(16)19)18(24)22-9-7-21(8-10-22)17(23)12-14-3-2-6-20-14/h2-6,11,20H,7-10,12H2,1H3. The van der Waals surface area contributed by atoms with Crippen LogP contribution in [0.15, 0.2) is 36.5 Å². The average Bonchev–Trinajstić information content (AvgIpc) is 3.14. The molecule has 0 atom stereocenters. The maximum absolute atomic E-state index is 12.6. The molecule has 2 heterocycles. The van der Waals surface area contributed by atoms with E-state index in [1.165, 1.54) is 7.11 Å². The molecule has 0 aliphatic carbocycles. The van der Waals surface area contributed by atoms with Crippen molar-refractivity contribution in [2.45, 2.75) is 6.42 Å². The Bertz CT molecular complexity index is 753. The van der Waals surface area contributed by atoms with E-state index >= 15 is 0 Å². The van der Waals surface area contributed by atoms with Crippen molar-refractivity contribution < 1.29 is 14.3 Å². The normalized spacial score (nSPS) is 14.5. The number of carbonyl (C=O) groups is 2. The molecule has 0 bridgehead atoms. The van der Waals surface area contributed by atoms with E-state index in [4.69, 9.17) is 16.3 Å². The molecule has 0 saturated carbocycles. The molecule has 1 aromatic carbocycles. The largest absolute Gasteiger partial charge is 0.495 e. The Morgan fingerprint density at radius 2 is 1.88 bits per heavy atom. The average molecular weight is 362 g/mol. The van der Waals surface area contributed by atoms with Crippen molar-refractivity contribution in [2.75, 3.05) is 33.3 Å². The molecule has 7 heteroatoms. The first kappa shape index (κ1) is 17.4. The second-order valence-electron chi connectivity index (χ2n) is 5.89. The number of nitrogens with zero attached hydrogens (tertiary/aromatic N) is 2. The van der Waals surface area contributed by atoms with Gasteiger partial charge in [-0.05, 0) is 30.3 Å². The smallest absolute Gasteiger partial charge is 0.254 e. The van der Waals surface area contributed by atoms with Crippen LogP contribution >= 0.6 is 11.6 Å². The Hall–Kier alpha value is -2.47. The molecular weight excluding hydrogens is 342 g/mol. The van der Waals surface area contributed by atoms with E-state index in [1.807, 2.05) is 12.1 Å². The van der Waals surface area contributed by atoms with E-state index in [0.717, 1.165) is 5.69 Å². The minimum absolute atomic E-state index is 0.0713. The van der Waals surface area contributed by atoms with Crippen LogP contribution in [0, 0.1) is 0 Å². The van der Waals surface area contributed by atoms with Crippen molar-refractivity contribution >= 4 is 23.4 Å². The molecule has 1 aliphatic heterocycles. The zero-order valence-corrected chi connectivity index (χ0v) is 14.8. The summed E-state index contributed by atoms with van der Waals surface area (Å²) in [6.07, 6.45) is 2.16. The number of benzene rings is 1. The van der Waals surface area contributed by atoms with Gasteiger partial charge in [0.25, 0.3) is 5.91 Å². The molecule has 3 rings (SSSR count). The summed E-state index contributed by atoms with van der Waals surface area (Å²) in [5, 5.41) is 0.410. The summed E-state index contributed by atoms with van der Waals surface area (Å²) in [4.78, 5) is 31.5. The van der Waals surface area contributed by atoms with Gasteiger partial charge < -0.3 is 19.5 Å². The van der Waals surface area contributed by atoms with Crippen LogP contribution in [0.2, 0.25) is 5.02 Å². The molecule has 132 valence electrons. The number of hydrogen-bond acceptors (Lipinski definition) is 3. The Labute approximate surface area is 151 Å². The van der Waals surface area contributed by atoms with Gasteiger partial charge >= 0.3 is 0 Å². The zero-order valence-electron chi connectivity index (χ0n) is 14.0. The number of amides is 2. The zero-order chi connectivity index (χ0) is 17.8. The van der Waals surface area contributed by atoms with Crippen LogP contribution in [0.4, 0.5) is 0 Å². The quantitative estimate of drug-likeness (QED) is 0.908. The maximum atomic E-state index is 12.6. The highest BCUT2D eigenvalue weighted by Crippen LogP contribution is 2.25. The van der Waals surface area contributed by atoms with Crippen LogP contribution < -0.4 is 4.74 Å². The number of hydrogen-bond donors (Lipinski definition) is 1. The van der Waals surface area contributed by atoms with Gasteiger partial charge in [-0.2, -0.15) is 0 Å². The lowest BCUT2D eigenvalue weighted by atomic mass is 10.1. The number of methoxy groups -OCH3 is 1. The topological polar surface area (TPSA) is 65.6 Å². The van der Waals surface area contributed by atoms with E-state index in [1.54, 1.807) is 34.2 Å². The molecule has 1 fully saturated rings. The predicted molar refractivity (Wildman–Crippen MR) is 95.0 cm³/mol. The fourth-order valence-corrected chi connectivity index (χ4v) is 3.15. The number of carbonyl (C=O) groups excluding carboxylic acids is 2. The third kappa shape index (κ3) is 3.96. The Balaban J connectivity index is 1.57. The lowest BCUT2D eigenvalue weighted by molar-refractivity contribution is -0.132. The number of H-pyrrole nitrogens is 1. The number of halogens is 1. The molecule has 2 aromatic rings. The van der Waals surface area contributed by atoms with Crippen LogP contribution in [0.3, 0.4) is 0 Å². The Morgan fingerprint density at radius 3 is 2.48 bits per heavy atom. The summed E-state index contributed by atoms with van der Waals surface area (Å²) in [5.41, 5.74) is 1.42. The van der Waals surface area contributed by atoms with E-state index in [9.17, 15) is 9.59 Å². The summed E-state index contributed by atoms with van der Waals surface area (Å²) < 4.78 is 5.11. The lowest BCUT2D eigenvalue weighted by Crippen LogP contribution is -2.51. The van der Waals surface area contributed by atoms with Crippen molar-refractivity contribution in [3.05, 3.63) is 52.8 Å². The summed E-state index contributed by atoms with van der Waals surface area (Å²) >= 11 is 6.09. The van der Waals surface area contributed by atoms with Crippen LogP contribution in [0.5, 0.6) is 5.75 Å². The van der Waals surface area contributed by atoms with Crippen LogP contribution in [-0.2, 0) is 11.2 Å². The summed E-state index contributed by atoms with van der Waals surface area (Å²) in [6.45, 7) is 2.10. The van der Waals surface area contributed by atoms with Crippen molar-refractivity contribution in [2.24, 2.45) is 0 Å². The summed E-state index contributed by atoms with van der Waals surface area (Å²) in [5.74, 6) is 0.529. The molecule has 1 N–H and O–H groups in total. The van der Waals surface area contributed by atoms with E-state index in [-0.39, 0.29) is 11.8 Å². The molecule has 6 nitrogen and oxygen atoms in total. The number of aromatic amines is 1. The molecule has 2 amide bonds. The van der Waals surface area contributed by atoms with Gasteiger partial charge in [-0.25, -0.2) is 0 Å². The maximum Gasteiger partial charge on any atom is 0.254 e. The van der Waals surface area contributed by atoms with Gasteiger partial charge in [-0.15, -0.1) is 0 Å². The highest BCUT2D eigenvalue weighted by molar-refractivity contribution is 6.32. The first-order valence-corrected chi connectivity index (χ1v) is 8.49. The highest BCUT2D eigenvalue weighted by atomic mass is 35.5. The van der Waals surface area contributed by atoms with Gasteiger partial charge in [-0.3, -0.25) is 9.59 Å². The van der Waals surface area contributed by atoms with Gasteiger partial charge in [0.1, 0.15) is 5.75 Å². The molecule has 0 radical (unpaired) electrons. The second-order valence-corrected chi connectivity index (χ2v) is 6.30. The number of nitrogens with one attached hydrogen (secondary N) is 1. The van der Waals surface area contributed by atoms with Gasteiger partial charge in [0.2, 0.25) is 5.91 Å². The molecule has 0 unspecified atom stereocenters. The van der Waals surface area contributed by atoms with Crippen molar-refractivity contribution in [3.63, 3.8) is 0 Å². The third-order valence-corrected chi connectivity index (χ3v) is 4.62.